The predicted octanol–water partition coefficient (Wildman–Crippen LogP) is 6.93. The molecule has 2 atom stereocenters. The molecule has 0 spiro atoms. The number of hydrogen-bond acceptors (Lipinski definition) is 5. The Morgan fingerprint density at radius 1 is 1.38 bits per heavy atom. The normalized spacial score (nSPS) is 17.8. The maximum atomic E-state index is 5.98. The first-order chi connectivity index (χ1) is 15.6. The molecule has 0 N–H and O–H groups in total. The van der Waals surface area contributed by atoms with Crippen LogP contribution < -0.4 is 0 Å². The van der Waals surface area contributed by atoms with Crippen LogP contribution in [0.4, 0.5) is 5.13 Å². The van der Waals surface area contributed by atoms with E-state index in [0.29, 0.717) is 11.1 Å². The van der Waals surface area contributed by atoms with Gasteiger partial charge in [-0.1, -0.05) is 60.2 Å². The van der Waals surface area contributed by atoms with Crippen LogP contribution in [0.2, 0.25) is 5.15 Å². The number of fused-ring (bicyclic) bond motifs is 1. The summed E-state index contributed by atoms with van der Waals surface area (Å²) in [6.45, 7) is 4.16. The second kappa shape index (κ2) is 10.5. The van der Waals surface area contributed by atoms with Crippen molar-refractivity contribution < 1.29 is 4.74 Å². The molecule has 2 aromatic heterocycles. The number of halogens is 1. The number of hydrogen-bond donors (Lipinski definition) is 0. The van der Waals surface area contributed by atoms with Gasteiger partial charge in [-0.05, 0) is 50.7 Å². The molecule has 0 amide bonds. The first-order valence-electron chi connectivity index (χ1n) is 11.1. The number of benzene rings is 1. The van der Waals surface area contributed by atoms with Crippen molar-refractivity contribution in [2.45, 2.75) is 57.9 Å². The van der Waals surface area contributed by atoms with Crippen molar-refractivity contribution in [1.29, 1.82) is 0 Å². The Labute approximate surface area is 198 Å². The van der Waals surface area contributed by atoms with E-state index in [4.69, 9.17) is 26.3 Å². The summed E-state index contributed by atoms with van der Waals surface area (Å²) in [7, 11) is 1.68. The van der Waals surface area contributed by atoms with Crippen molar-refractivity contribution in [3.63, 3.8) is 0 Å². The van der Waals surface area contributed by atoms with Gasteiger partial charge in [0.25, 0.3) is 0 Å². The molecule has 4 rings (SSSR count). The molecule has 0 aliphatic heterocycles. The summed E-state index contributed by atoms with van der Waals surface area (Å²) >= 11 is 7.72. The van der Waals surface area contributed by atoms with Gasteiger partial charge in [-0.2, -0.15) is 0 Å². The van der Waals surface area contributed by atoms with Gasteiger partial charge in [0.1, 0.15) is 10.9 Å². The Bertz CT molecular complexity index is 1100. The highest BCUT2D eigenvalue weighted by atomic mass is 35.5. The van der Waals surface area contributed by atoms with Crippen LogP contribution in [0.25, 0.3) is 0 Å². The van der Waals surface area contributed by atoms with Crippen molar-refractivity contribution >= 4 is 33.8 Å². The number of aliphatic imine (C=N–C) groups is 1. The predicted molar refractivity (Wildman–Crippen MR) is 132 cm³/mol. The van der Waals surface area contributed by atoms with Crippen LogP contribution in [-0.2, 0) is 17.6 Å². The first-order valence-corrected chi connectivity index (χ1v) is 12.3. The number of aromatic nitrogens is 3. The highest BCUT2D eigenvalue weighted by Crippen LogP contribution is 2.39. The molecule has 0 fully saturated rings. The number of allylic oxidation sites excluding steroid dienone is 2. The van der Waals surface area contributed by atoms with E-state index in [0.717, 1.165) is 35.9 Å². The second-order valence-corrected chi connectivity index (χ2v) is 9.56. The molecule has 3 aromatic rings. The summed E-state index contributed by atoms with van der Waals surface area (Å²) in [6.07, 6.45) is 10.9. The first kappa shape index (κ1) is 22.7. The fraction of sp³-hybridized carbons (Fsp3) is 0.400. The van der Waals surface area contributed by atoms with E-state index in [1.165, 1.54) is 29.0 Å². The van der Waals surface area contributed by atoms with Gasteiger partial charge < -0.3 is 9.30 Å². The summed E-state index contributed by atoms with van der Waals surface area (Å²) in [5.74, 6) is 1.28. The van der Waals surface area contributed by atoms with E-state index in [-0.39, 0.29) is 6.04 Å². The van der Waals surface area contributed by atoms with Gasteiger partial charge >= 0.3 is 0 Å². The molecule has 1 aliphatic rings. The number of thiazole rings is 1. The van der Waals surface area contributed by atoms with Crippen LogP contribution >= 0.6 is 22.9 Å². The Morgan fingerprint density at radius 3 is 2.88 bits per heavy atom. The lowest BCUT2D eigenvalue weighted by Gasteiger charge is -2.20. The molecule has 1 aliphatic carbocycles. The standard InChI is InChI=1S/C25H29ClN4OS/c1-4-20(14-21(31-3)17(2)30-15-23(26)27-16-30)28-25-29-24-19(11-8-12-22(24)32-25)13-18-9-6-5-7-10-18/h5-7,9-10,14-17,19H,4,8,11-13H2,1-3H3/b21-14+,28-20?. The molecule has 7 heteroatoms. The molecule has 1 aromatic carbocycles. The minimum Gasteiger partial charge on any atom is -0.499 e. The number of rotatable bonds is 8. The van der Waals surface area contributed by atoms with E-state index in [2.05, 4.69) is 49.2 Å². The van der Waals surface area contributed by atoms with E-state index < -0.39 is 0 Å². The van der Waals surface area contributed by atoms with Crippen molar-refractivity contribution in [3.05, 3.63) is 76.0 Å². The maximum absolute atomic E-state index is 5.98. The van der Waals surface area contributed by atoms with Gasteiger partial charge in [0.05, 0.1) is 25.2 Å². The molecule has 0 saturated heterocycles. The van der Waals surface area contributed by atoms with E-state index in [1.54, 1.807) is 31.0 Å². The van der Waals surface area contributed by atoms with Crippen LogP contribution in [0.15, 0.2) is 59.7 Å². The van der Waals surface area contributed by atoms with Gasteiger partial charge in [-0.15, -0.1) is 0 Å². The molecule has 5 nitrogen and oxygen atoms in total. The minimum absolute atomic E-state index is 0.0310. The fourth-order valence-electron chi connectivity index (χ4n) is 4.16. The molecule has 168 valence electrons. The Kier molecular flexibility index (Phi) is 7.43. The van der Waals surface area contributed by atoms with Gasteiger partial charge in [-0.3, -0.25) is 0 Å². The lowest BCUT2D eigenvalue weighted by molar-refractivity contribution is 0.248. The molecule has 2 unspecified atom stereocenters. The molecule has 0 radical (unpaired) electrons. The number of imidazole rings is 1. The highest BCUT2D eigenvalue weighted by molar-refractivity contribution is 7.15. The van der Waals surface area contributed by atoms with E-state index in [9.17, 15) is 0 Å². The number of methoxy groups -OCH3 is 1. The van der Waals surface area contributed by atoms with Crippen LogP contribution in [0, 0.1) is 0 Å². The van der Waals surface area contributed by atoms with Crippen molar-refractivity contribution in [3.8, 4) is 0 Å². The van der Waals surface area contributed by atoms with Crippen molar-refractivity contribution in [2.75, 3.05) is 7.11 Å². The lowest BCUT2D eigenvalue weighted by atomic mass is 9.86. The quantitative estimate of drug-likeness (QED) is 0.266. The average molecular weight is 469 g/mol. The fourth-order valence-corrected chi connectivity index (χ4v) is 5.41. The van der Waals surface area contributed by atoms with E-state index in [1.807, 2.05) is 10.6 Å². The number of nitrogens with zero attached hydrogens (tertiary/aromatic N) is 4. The summed E-state index contributed by atoms with van der Waals surface area (Å²) in [5.41, 5.74) is 3.57. The monoisotopic (exact) mass is 468 g/mol. The molecule has 0 bridgehead atoms. The highest BCUT2D eigenvalue weighted by Gasteiger charge is 2.25. The van der Waals surface area contributed by atoms with Gasteiger partial charge in [0, 0.05) is 22.7 Å². The van der Waals surface area contributed by atoms with Gasteiger partial charge in [0.15, 0.2) is 0 Å². The molecule has 0 saturated carbocycles. The van der Waals surface area contributed by atoms with E-state index >= 15 is 0 Å². The van der Waals surface area contributed by atoms with Crippen LogP contribution in [0.1, 0.15) is 61.2 Å². The zero-order valence-corrected chi connectivity index (χ0v) is 20.4. The zero-order chi connectivity index (χ0) is 22.5. The molecule has 32 heavy (non-hydrogen) atoms. The Hall–Kier alpha value is -2.44. The zero-order valence-electron chi connectivity index (χ0n) is 18.8. The third kappa shape index (κ3) is 5.30. The van der Waals surface area contributed by atoms with Gasteiger partial charge in [0.2, 0.25) is 5.13 Å². The SMILES string of the molecule is CCC(/C=C(/OC)C(C)n1cnc(Cl)c1)=Nc1nc2c(s1)CCCC2Cc1ccccc1. The Morgan fingerprint density at radius 2 is 2.19 bits per heavy atom. The van der Waals surface area contributed by atoms with Crippen molar-refractivity contribution in [1.82, 2.24) is 14.5 Å². The van der Waals surface area contributed by atoms with Crippen LogP contribution in [0.3, 0.4) is 0 Å². The molecule has 2 heterocycles. The van der Waals surface area contributed by atoms with Gasteiger partial charge in [-0.25, -0.2) is 15.0 Å². The van der Waals surface area contributed by atoms with Crippen molar-refractivity contribution in [2.24, 2.45) is 4.99 Å². The number of aryl methyl sites for hydroxylation is 1. The third-order valence-electron chi connectivity index (χ3n) is 5.96. The summed E-state index contributed by atoms with van der Waals surface area (Å²) in [5, 5.41) is 1.31. The lowest BCUT2D eigenvalue weighted by Crippen LogP contribution is -2.11. The topological polar surface area (TPSA) is 52.3 Å². The average Bonchev–Trinajstić information content (AvgIpc) is 3.43. The molecular weight excluding hydrogens is 440 g/mol. The second-order valence-electron chi connectivity index (χ2n) is 8.11. The number of ether oxygens (including phenoxy) is 1. The maximum Gasteiger partial charge on any atom is 0.209 e. The van der Waals surface area contributed by atoms with Crippen LogP contribution in [0.5, 0.6) is 0 Å². The smallest absolute Gasteiger partial charge is 0.209 e. The van der Waals surface area contributed by atoms with Crippen LogP contribution in [-0.4, -0.2) is 27.4 Å². The Balaban J connectivity index is 1.57. The molecular formula is C25H29ClN4OS. The minimum atomic E-state index is -0.0310. The summed E-state index contributed by atoms with van der Waals surface area (Å²) in [4.78, 5) is 15.4. The third-order valence-corrected chi connectivity index (χ3v) is 7.18. The largest absolute Gasteiger partial charge is 0.499 e. The summed E-state index contributed by atoms with van der Waals surface area (Å²) in [6, 6.07) is 10.7. The summed E-state index contributed by atoms with van der Waals surface area (Å²) < 4.78 is 7.61.